The molecule has 0 aliphatic carbocycles. The lowest BCUT2D eigenvalue weighted by Gasteiger charge is -2.19. The van der Waals surface area contributed by atoms with Gasteiger partial charge >= 0.3 is 6.09 Å². The van der Waals surface area contributed by atoms with Gasteiger partial charge in [0.25, 0.3) is 11.8 Å². The summed E-state index contributed by atoms with van der Waals surface area (Å²) in [6.45, 7) is 10.4. The van der Waals surface area contributed by atoms with Crippen molar-refractivity contribution in [3.8, 4) is 5.69 Å². The quantitative estimate of drug-likeness (QED) is 0.0884. The zero-order chi connectivity index (χ0) is 39.5. The van der Waals surface area contributed by atoms with E-state index in [9.17, 15) is 14.4 Å². The van der Waals surface area contributed by atoms with E-state index in [4.69, 9.17) is 4.74 Å². The number of aromatic nitrogens is 2. The van der Waals surface area contributed by atoms with Crippen LogP contribution in [0.15, 0.2) is 140 Å². The summed E-state index contributed by atoms with van der Waals surface area (Å²) in [5.41, 5.74) is 9.56. The van der Waals surface area contributed by atoms with Crippen LogP contribution in [-0.4, -0.2) is 22.9 Å². The van der Waals surface area contributed by atoms with E-state index in [0.29, 0.717) is 29.0 Å². The minimum absolute atomic E-state index is 0.0704. The Hall–Kier alpha value is -6.65. The van der Waals surface area contributed by atoms with Crippen LogP contribution in [0.4, 0.5) is 16.2 Å². The molecule has 6 aromatic rings. The summed E-state index contributed by atoms with van der Waals surface area (Å²) in [5, 5.41) is 12.1. The molecule has 0 fully saturated rings. The van der Waals surface area contributed by atoms with Crippen molar-refractivity contribution < 1.29 is 23.7 Å². The maximum atomic E-state index is 13.2. The smallest absolute Gasteiger partial charge is 0.407 e. The molecule has 0 bridgehead atoms. The van der Waals surface area contributed by atoms with E-state index in [1.807, 2.05) is 78.5 Å². The van der Waals surface area contributed by atoms with Crippen LogP contribution >= 0.6 is 0 Å². The van der Waals surface area contributed by atoms with Crippen molar-refractivity contribution in [2.75, 3.05) is 10.6 Å². The SMILES string of the molecule is Cc1cc(COC(=O)NCc2ccc(C(=O)Nc3cccnc3)cc2)cc(-[n+]2cccc(NC(=O)c3ccc(CNCc4ccc(C(C)(C)C)cc4)cc3)c2)c1. The Labute approximate surface area is 328 Å². The van der Waals surface area contributed by atoms with E-state index < -0.39 is 6.09 Å². The maximum absolute atomic E-state index is 13.2. The van der Waals surface area contributed by atoms with Gasteiger partial charge in [-0.25, -0.2) is 4.79 Å². The van der Waals surface area contributed by atoms with Gasteiger partial charge in [0.15, 0.2) is 12.4 Å². The molecular weight excluding hydrogens is 701 g/mol. The van der Waals surface area contributed by atoms with E-state index in [0.717, 1.165) is 34.5 Å². The first-order valence-electron chi connectivity index (χ1n) is 18.5. The number of carbonyl (C=O) groups excluding carboxylic acids is 3. The third-order valence-electron chi connectivity index (χ3n) is 9.12. The molecule has 0 saturated heterocycles. The fraction of sp³-hybridized carbons (Fsp3) is 0.196. The normalized spacial score (nSPS) is 11.1. The average Bonchev–Trinajstić information content (AvgIpc) is 3.20. The molecule has 4 aromatic carbocycles. The van der Waals surface area contributed by atoms with E-state index in [1.54, 1.807) is 48.8 Å². The second kappa shape index (κ2) is 18.1. The number of hydrogen-bond donors (Lipinski definition) is 4. The molecular formula is C46H47N6O4+. The molecule has 0 saturated carbocycles. The highest BCUT2D eigenvalue weighted by atomic mass is 16.5. The number of hydrogen-bond acceptors (Lipinski definition) is 6. The van der Waals surface area contributed by atoms with Crippen molar-refractivity contribution in [3.05, 3.63) is 185 Å². The lowest BCUT2D eigenvalue weighted by atomic mass is 9.87. The average molecular weight is 748 g/mol. The number of nitrogens with zero attached hydrogens (tertiary/aromatic N) is 2. The molecule has 3 amide bonds. The summed E-state index contributed by atoms with van der Waals surface area (Å²) < 4.78 is 7.44. The summed E-state index contributed by atoms with van der Waals surface area (Å²) in [6.07, 6.45) is 6.40. The van der Waals surface area contributed by atoms with Gasteiger partial charge in [-0.3, -0.25) is 14.6 Å². The van der Waals surface area contributed by atoms with Crippen LogP contribution in [0.2, 0.25) is 0 Å². The van der Waals surface area contributed by atoms with Gasteiger partial charge in [-0.05, 0) is 88.2 Å². The standard InChI is InChI=1S/C46H46N6O4/c1-32-23-36(31-56-45(55)49-28-35-11-17-37(18-12-35)43(53)50-40-7-5-21-47-29-40)25-42(24-32)52-22-6-8-41(30-52)51-44(54)38-15-9-33(10-16-38)26-48-27-34-13-19-39(20-14-34)46(2,3)4/h5-25,29-30,48H,26-28,31H2,1-4H3,(H2-,49,50,51,53,54,55)/p+1. The lowest BCUT2D eigenvalue weighted by Crippen LogP contribution is -2.31. The Morgan fingerprint density at radius 1 is 0.679 bits per heavy atom. The van der Waals surface area contributed by atoms with Crippen LogP contribution in [-0.2, 0) is 36.4 Å². The molecule has 0 atom stereocenters. The number of anilines is 2. The van der Waals surface area contributed by atoms with Gasteiger partial charge in [0.05, 0.1) is 11.9 Å². The minimum Gasteiger partial charge on any atom is -0.445 e. The molecule has 0 radical (unpaired) electrons. The number of rotatable bonds is 13. The first kappa shape index (κ1) is 39.1. The second-order valence-corrected chi connectivity index (χ2v) is 14.7. The molecule has 284 valence electrons. The van der Waals surface area contributed by atoms with Crippen molar-refractivity contribution in [1.29, 1.82) is 0 Å². The van der Waals surface area contributed by atoms with Gasteiger partial charge < -0.3 is 26.0 Å². The fourth-order valence-corrected chi connectivity index (χ4v) is 6.02. The summed E-state index contributed by atoms with van der Waals surface area (Å²) in [7, 11) is 0. The van der Waals surface area contributed by atoms with Crippen molar-refractivity contribution >= 4 is 29.3 Å². The molecule has 0 aliphatic rings. The number of benzene rings is 4. The molecule has 10 nitrogen and oxygen atoms in total. The highest BCUT2D eigenvalue weighted by molar-refractivity contribution is 6.04. The molecule has 4 N–H and O–H groups in total. The van der Waals surface area contributed by atoms with Crippen LogP contribution in [0.1, 0.15) is 74.9 Å². The van der Waals surface area contributed by atoms with Gasteiger partial charge in [-0.2, -0.15) is 4.57 Å². The predicted octanol–water partition coefficient (Wildman–Crippen LogP) is 8.19. The summed E-state index contributed by atoms with van der Waals surface area (Å²) >= 11 is 0. The maximum Gasteiger partial charge on any atom is 0.407 e. The molecule has 6 rings (SSSR count). The number of pyridine rings is 2. The largest absolute Gasteiger partial charge is 0.445 e. The van der Waals surface area contributed by atoms with Gasteiger partial charge in [0.2, 0.25) is 5.69 Å². The predicted molar refractivity (Wildman–Crippen MR) is 218 cm³/mol. The highest BCUT2D eigenvalue weighted by Crippen LogP contribution is 2.22. The lowest BCUT2D eigenvalue weighted by molar-refractivity contribution is -0.595. The van der Waals surface area contributed by atoms with Crippen LogP contribution in [0, 0.1) is 6.92 Å². The van der Waals surface area contributed by atoms with Crippen molar-refractivity contribution in [2.45, 2.75) is 59.4 Å². The number of carbonyl (C=O) groups is 3. The van der Waals surface area contributed by atoms with Gasteiger partial charge in [-0.1, -0.05) is 75.4 Å². The van der Waals surface area contributed by atoms with Crippen molar-refractivity contribution in [2.24, 2.45) is 0 Å². The Balaban J connectivity index is 0.970. The minimum atomic E-state index is -0.560. The number of aryl methyl sites for hydroxylation is 1. The molecule has 0 spiro atoms. The Morgan fingerprint density at radius 2 is 1.27 bits per heavy atom. The van der Waals surface area contributed by atoms with Crippen LogP contribution in [0.3, 0.4) is 0 Å². The van der Waals surface area contributed by atoms with Gasteiger partial charge in [0, 0.05) is 55.2 Å². The monoisotopic (exact) mass is 747 g/mol. The number of nitrogens with one attached hydrogen (secondary N) is 4. The third-order valence-corrected chi connectivity index (χ3v) is 9.12. The summed E-state index contributed by atoms with van der Waals surface area (Å²) in [6, 6.07) is 36.4. The molecule has 2 aromatic heterocycles. The molecule has 56 heavy (non-hydrogen) atoms. The molecule has 0 aliphatic heterocycles. The molecule has 2 heterocycles. The Kier molecular flexibility index (Phi) is 12.6. The Bertz CT molecular complexity index is 2270. The zero-order valence-electron chi connectivity index (χ0n) is 32.1. The number of alkyl carbamates (subject to hydrolysis) is 1. The Morgan fingerprint density at radius 3 is 1.88 bits per heavy atom. The van der Waals surface area contributed by atoms with E-state index in [-0.39, 0.29) is 30.4 Å². The van der Waals surface area contributed by atoms with Gasteiger partial charge in [0.1, 0.15) is 12.3 Å². The van der Waals surface area contributed by atoms with Crippen LogP contribution in [0.5, 0.6) is 0 Å². The fourth-order valence-electron chi connectivity index (χ4n) is 6.02. The molecule has 10 heteroatoms. The first-order valence-corrected chi connectivity index (χ1v) is 18.5. The summed E-state index contributed by atoms with van der Waals surface area (Å²) in [5.74, 6) is -0.448. The molecule has 0 unspecified atom stereocenters. The van der Waals surface area contributed by atoms with Crippen LogP contribution < -0.4 is 25.8 Å². The number of amides is 3. The topological polar surface area (TPSA) is 125 Å². The van der Waals surface area contributed by atoms with Crippen molar-refractivity contribution in [3.63, 3.8) is 0 Å². The second-order valence-electron chi connectivity index (χ2n) is 14.7. The van der Waals surface area contributed by atoms with E-state index >= 15 is 0 Å². The number of ether oxygens (including phenoxy) is 1. The van der Waals surface area contributed by atoms with E-state index in [2.05, 4.69) is 71.3 Å². The highest BCUT2D eigenvalue weighted by Gasteiger charge is 2.15. The summed E-state index contributed by atoms with van der Waals surface area (Å²) in [4.78, 5) is 42.2. The van der Waals surface area contributed by atoms with Crippen molar-refractivity contribution in [1.82, 2.24) is 15.6 Å². The first-order chi connectivity index (χ1) is 27.0. The zero-order valence-corrected chi connectivity index (χ0v) is 32.1. The van der Waals surface area contributed by atoms with E-state index in [1.165, 1.54) is 11.1 Å². The third kappa shape index (κ3) is 11.2. The van der Waals surface area contributed by atoms with Gasteiger partial charge in [-0.15, -0.1) is 0 Å². The van der Waals surface area contributed by atoms with Crippen LogP contribution in [0.25, 0.3) is 5.69 Å².